The summed E-state index contributed by atoms with van der Waals surface area (Å²) in [6.45, 7) is 5.04. The lowest BCUT2D eigenvalue weighted by Crippen LogP contribution is -2.46. The molecule has 7 nitrogen and oxygen atoms in total. The number of nitrogens with two attached hydrogens (primary N) is 1. The minimum Gasteiger partial charge on any atom is -0.351 e. The summed E-state index contributed by atoms with van der Waals surface area (Å²) in [6, 6.07) is 5.26. The van der Waals surface area contributed by atoms with Gasteiger partial charge in [-0.2, -0.15) is 0 Å². The number of amides is 4. The maximum Gasteiger partial charge on any atom is 0.316 e. The van der Waals surface area contributed by atoms with Gasteiger partial charge in [-0.1, -0.05) is 19.9 Å². The van der Waals surface area contributed by atoms with Gasteiger partial charge in [0.15, 0.2) is 0 Å². The van der Waals surface area contributed by atoms with Crippen molar-refractivity contribution in [1.29, 1.82) is 0 Å². The first kappa shape index (κ1) is 16.5. The molecule has 0 radical (unpaired) electrons. The van der Waals surface area contributed by atoms with Gasteiger partial charge in [-0.25, -0.2) is 4.79 Å². The summed E-state index contributed by atoms with van der Waals surface area (Å²) in [5.41, 5.74) is 6.01. The van der Waals surface area contributed by atoms with Gasteiger partial charge in [-0.3, -0.25) is 9.59 Å². The number of carbonyl (C=O) groups excluding carboxylic acids is 3. The van der Waals surface area contributed by atoms with Gasteiger partial charge in [-0.05, 0) is 24.1 Å². The fraction of sp³-hybridized carbons (Fsp3) is 0.357. The van der Waals surface area contributed by atoms with Gasteiger partial charge in [0.1, 0.15) is 6.04 Å². The first-order valence-corrected chi connectivity index (χ1v) is 6.54. The number of hydrogen-bond donors (Lipinski definition) is 4. The van der Waals surface area contributed by atoms with Crippen molar-refractivity contribution >= 4 is 29.2 Å². The zero-order valence-electron chi connectivity index (χ0n) is 12.3. The van der Waals surface area contributed by atoms with Crippen molar-refractivity contribution in [3.05, 3.63) is 24.3 Å². The maximum atomic E-state index is 12.2. The van der Waals surface area contributed by atoms with Crippen molar-refractivity contribution in [2.45, 2.75) is 26.8 Å². The van der Waals surface area contributed by atoms with Crippen molar-refractivity contribution in [2.24, 2.45) is 11.7 Å². The Morgan fingerprint density at radius 2 is 1.67 bits per heavy atom. The number of rotatable bonds is 5. The summed E-state index contributed by atoms with van der Waals surface area (Å²) in [7, 11) is 0. The normalized spacial score (nSPS) is 11.6. The second-order valence-electron chi connectivity index (χ2n) is 4.98. The SMILES string of the molecule is CC(=O)NC(C(=O)Nc1cccc(NC(N)=O)c1)C(C)C. The Hall–Kier alpha value is -2.57. The Labute approximate surface area is 123 Å². The van der Waals surface area contributed by atoms with Crippen LogP contribution >= 0.6 is 0 Å². The third-order valence-corrected chi connectivity index (χ3v) is 2.71. The fourth-order valence-electron chi connectivity index (χ4n) is 1.79. The highest BCUT2D eigenvalue weighted by Crippen LogP contribution is 2.16. The van der Waals surface area contributed by atoms with Crippen LogP contribution in [0.2, 0.25) is 0 Å². The summed E-state index contributed by atoms with van der Waals surface area (Å²) in [4.78, 5) is 34.1. The van der Waals surface area contributed by atoms with E-state index in [1.807, 2.05) is 13.8 Å². The van der Waals surface area contributed by atoms with Crippen LogP contribution in [0.25, 0.3) is 0 Å². The number of benzene rings is 1. The monoisotopic (exact) mass is 292 g/mol. The minimum absolute atomic E-state index is 0.0548. The number of primary amides is 1. The predicted molar refractivity (Wildman–Crippen MR) is 80.7 cm³/mol. The van der Waals surface area contributed by atoms with E-state index in [1.165, 1.54) is 6.92 Å². The molecule has 0 aliphatic rings. The fourth-order valence-corrected chi connectivity index (χ4v) is 1.79. The average Bonchev–Trinajstić information content (AvgIpc) is 2.34. The second-order valence-corrected chi connectivity index (χ2v) is 4.98. The number of nitrogens with one attached hydrogen (secondary N) is 3. The van der Waals surface area contributed by atoms with Crippen LogP contribution in [0.1, 0.15) is 20.8 Å². The van der Waals surface area contributed by atoms with Crippen molar-refractivity contribution in [2.75, 3.05) is 10.6 Å². The van der Waals surface area contributed by atoms with E-state index in [9.17, 15) is 14.4 Å². The molecule has 1 atom stereocenters. The standard InChI is InChI=1S/C14H20N4O3/c1-8(2)12(16-9(3)19)13(20)17-10-5-4-6-11(7-10)18-14(15)21/h4-8,12H,1-3H3,(H,16,19)(H,17,20)(H3,15,18,21). The Bertz CT molecular complexity index is 543. The molecule has 0 aliphatic heterocycles. The van der Waals surface area contributed by atoms with E-state index in [1.54, 1.807) is 24.3 Å². The van der Waals surface area contributed by atoms with E-state index in [0.717, 1.165) is 0 Å². The number of anilines is 2. The van der Waals surface area contributed by atoms with Crippen molar-refractivity contribution in [3.8, 4) is 0 Å². The quantitative estimate of drug-likeness (QED) is 0.655. The lowest BCUT2D eigenvalue weighted by Gasteiger charge is -2.21. The van der Waals surface area contributed by atoms with Crippen LogP contribution < -0.4 is 21.7 Å². The molecule has 21 heavy (non-hydrogen) atoms. The molecule has 7 heteroatoms. The first-order valence-electron chi connectivity index (χ1n) is 6.54. The van der Waals surface area contributed by atoms with Crippen LogP contribution in [0.4, 0.5) is 16.2 Å². The molecule has 0 saturated heterocycles. The maximum absolute atomic E-state index is 12.2. The van der Waals surface area contributed by atoms with Crippen LogP contribution in [-0.2, 0) is 9.59 Å². The highest BCUT2D eigenvalue weighted by molar-refractivity contribution is 5.98. The van der Waals surface area contributed by atoms with E-state index in [0.29, 0.717) is 11.4 Å². The summed E-state index contributed by atoms with van der Waals surface area (Å²) < 4.78 is 0. The lowest BCUT2D eigenvalue weighted by atomic mass is 10.0. The molecule has 5 N–H and O–H groups in total. The molecule has 0 fully saturated rings. The molecule has 1 rings (SSSR count). The summed E-state index contributed by atoms with van der Waals surface area (Å²) >= 11 is 0. The van der Waals surface area contributed by atoms with Crippen LogP contribution in [0.15, 0.2) is 24.3 Å². The molecule has 114 valence electrons. The van der Waals surface area contributed by atoms with Crippen molar-refractivity contribution < 1.29 is 14.4 Å². The highest BCUT2D eigenvalue weighted by atomic mass is 16.2. The average molecular weight is 292 g/mol. The Morgan fingerprint density at radius 3 is 2.14 bits per heavy atom. The smallest absolute Gasteiger partial charge is 0.316 e. The molecule has 0 heterocycles. The molecular weight excluding hydrogens is 272 g/mol. The molecule has 0 spiro atoms. The molecule has 1 aromatic rings. The Balaban J connectivity index is 2.81. The van der Waals surface area contributed by atoms with E-state index < -0.39 is 12.1 Å². The van der Waals surface area contributed by atoms with Gasteiger partial charge in [-0.15, -0.1) is 0 Å². The van der Waals surface area contributed by atoms with Crippen LogP contribution in [0.3, 0.4) is 0 Å². The third kappa shape index (κ3) is 5.52. The molecule has 0 aromatic heterocycles. The van der Waals surface area contributed by atoms with Crippen LogP contribution in [0, 0.1) is 5.92 Å². The topological polar surface area (TPSA) is 113 Å². The van der Waals surface area contributed by atoms with E-state index in [4.69, 9.17) is 5.73 Å². The molecule has 0 aliphatic carbocycles. The molecule has 4 amide bonds. The zero-order valence-corrected chi connectivity index (χ0v) is 12.3. The molecule has 0 bridgehead atoms. The summed E-state index contributed by atoms with van der Waals surface area (Å²) in [6.07, 6.45) is 0. The van der Waals surface area contributed by atoms with Gasteiger partial charge in [0, 0.05) is 18.3 Å². The van der Waals surface area contributed by atoms with Crippen LogP contribution in [0.5, 0.6) is 0 Å². The highest BCUT2D eigenvalue weighted by Gasteiger charge is 2.23. The largest absolute Gasteiger partial charge is 0.351 e. The van der Waals surface area contributed by atoms with Gasteiger partial charge in [0.2, 0.25) is 11.8 Å². The second kappa shape index (κ2) is 7.28. The number of carbonyl (C=O) groups is 3. The predicted octanol–water partition coefficient (Wildman–Crippen LogP) is 1.28. The minimum atomic E-state index is -0.684. The first-order chi connectivity index (χ1) is 9.79. The summed E-state index contributed by atoms with van der Waals surface area (Å²) in [5.74, 6) is -0.648. The molecular formula is C14H20N4O3. The van der Waals surface area contributed by atoms with E-state index >= 15 is 0 Å². The Morgan fingerprint density at radius 1 is 1.10 bits per heavy atom. The molecule has 1 unspecified atom stereocenters. The lowest BCUT2D eigenvalue weighted by molar-refractivity contribution is -0.126. The summed E-state index contributed by atoms with van der Waals surface area (Å²) in [5, 5.41) is 7.72. The third-order valence-electron chi connectivity index (χ3n) is 2.71. The van der Waals surface area contributed by atoms with Gasteiger partial charge >= 0.3 is 6.03 Å². The van der Waals surface area contributed by atoms with E-state index in [2.05, 4.69) is 16.0 Å². The van der Waals surface area contributed by atoms with Crippen LogP contribution in [-0.4, -0.2) is 23.9 Å². The van der Waals surface area contributed by atoms with Gasteiger partial charge < -0.3 is 21.7 Å². The van der Waals surface area contributed by atoms with E-state index in [-0.39, 0.29) is 17.7 Å². The Kier molecular flexibility index (Phi) is 5.71. The van der Waals surface area contributed by atoms with Gasteiger partial charge in [0.25, 0.3) is 0 Å². The number of urea groups is 1. The van der Waals surface area contributed by atoms with Crippen molar-refractivity contribution in [1.82, 2.24) is 5.32 Å². The molecule has 1 aromatic carbocycles. The van der Waals surface area contributed by atoms with Crippen molar-refractivity contribution in [3.63, 3.8) is 0 Å². The zero-order chi connectivity index (χ0) is 16.0. The van der Waals surface area contributed by atoms with Gasteiger partial charge in [0.05, 0.1) is 0 Å². The molecule has 0 saturated carbocycles. The number of hydrogen-bond acceptors (Lipinski definition) is 3.